The third kappa shape index (κ3) is 6.16. The number of thiophene rings is 1. The minimum atomic E-state index is -0.941. The van der Waals surface area contributed by atoms with Crippen molar-refractivity contribution in [3.63, 3.8) is 0 Å². The van der Waals surface area contributed by atoms with Gasteiger partial charge in [-0.25, -0.2) is 14.8 Å². The van der Waals surface area contributed by atoms with Crippen molar-refractivity contribution in [3.05, 3.63) is 74.3 Å². The molecule has 1 N–H and O–H groups in total. The predicted octanol–water partition coefficient (Wildman–Crippen LogP) is 5.79. The van der Waals surface area contributed by atoms with E-state index >= 15 is 0 Å². The van der Waals surface area contributed by atoms with Crippen LogP contribution in [0.2, 0.25) is 5.02 Å². The van der Waals surface area contributed by atoms with Crippen molar-refractivity contribution in [2.45, 2.75) is 57.9 Å². The Morgan fingerprint density at radius 2 is 1.95 bits per heavy atom. The molecule has 1 atom stereocenters. The van der Waals surface area contributed by atoms with Crippen LogP contribution in [0.15, 0.2) is 42.5 Å². The number of imidazole rings is 1. The number of ether oxygens (including phenoxy) is 2. The molecule has 0 saturated carbocycles. The molecule has 0 spiro atoms. The maximum absolute atomic E-state index is 11.6. The van der Waals surface area contributed by atoms with Crippen molar-refractivity contribution in [1.82, 2.24) is 19.4 Å². The molecular weight excluding hydrogens is 564 g/mol. The summed E-state index contributed by atoms with van der Waals surface area (Å²) >= 11 is 7.64. The quantitative estimate of drug-likeness (QED) is 0.230. The van der Waals surface area contributed by atoms with E-state index < -0.39 is 5.97 Å². The van der Waals surface area contributed by atoms with Crippen LogP contribution in [0.4, 0.5) is 0 Å². The van der Waals surface area contributed by atoms with Crippen LogP contribution in [0.5, 0.6) is 5.88 Å². The Morgan fingerprint density at radius 3 is 2.63 bits per heavy atom. The fourth-order valence-corrected chi connectivity index (χ4v) is 6.61. The number of hydrogen-bond donors (Lipinski definition) is 1. The van der Waals surface area contributed by atoms with Crippen molar-refractivity contribution >= 4 is 45.7 Å². The molecular formula is C30H31ClN4O5S. The predicted molar refractivity (Wildman–Crippen MR) is 156 cm³/mol. The first-order valence-corrected chi connectivity index (χ1v) is 15.0. The highest BCUT2D eigenvalue weighted by molar-refractivity contribution is 7.14. The van der Waals surface area contributed by atoms with Crippen molar-refractivity contribution in [2.75, 3.05) is 19.7 Å². The van der Waals surface area contributed by atoms with Gasteiger partial charge in [0, 0.05) is 24.3 Å². The first-order chi connectivity index (χ1) is 19.8. The number of pyridine rings is 1. The number of piperidine rings is 1. The van der Waals surface area contributed by atoms with Crippen LogP contribution in [-0.4, -0.2) is 62.1 Å². The molecule has 0 amide bonds. The van der Waals surface area contributed by atoms with Gasteiger partial charge in [-0.3, -0.25) is 9.69 Å². The Bertz CT molecular complexity index is 1590. The number of aromatic nitrogens is 3. The first-order valence-electron chi connectivity index (χ1n) is 13.8. The number of carbonyl (C=O) groups excluding carboxylic acids is 1. The Balaban J connectivity index is 1.10. The zero-order valence-electron chi connectivity index (χ0n) is 22.7. The molecule has 0 aliphatic carbocycles. The Hall–Kier alpha value is -3.31. The molecule has 11 heteroatoms. The van der Waals surface area contributed by atoms with Gasteiger partial charge in [0.1, 0.15) is 12.4 Å². The van der Waals surface area contributed by atoms with Gasteiger partial charge in [0.15, 0.2) is 5.78 Å². The average molecular weight is 595 g/mol. The van der Waals surface area contributed by atoms with Gasteiger partial charge in [-0.2, -0.15) is 0 Å². The van der Waals surface area contributed by atoms with E-state index in [2.05, 4.69) is 15.5 Å². The molecule has 4 aromatic rings. The zero-order valence-corrected chi connectivity index (χ0v) is 24.3. The number of carboxylic acids is 1. The first kappa shape index (κ1) is 27.8. The molecule has 0 unspecified atom stereocenters. The number of rotatable bonds is 10. The van der Waals surface area contributed by atoms with Gasteiger partial charge >= 0.3 is 5.97 Å². The lowest BCUT2D eigenvalue weighted by Crippen LogP contribution is -2.35. The van der Waals surface area contributed by atoms with Gasteiger partial charge in [-0.1, -0.05) is 17.7 Å². The molecule has 2 aliphatic heterocycles. The SMILES string of the molecule is CC(=O)c1cc(Cl)c(COc2cccc(C3CCN(Cc4nc5ccc(C(=O)O)cc5n4C[C@@H]4CCO4)CC3)n2)s1. The normalized spacial score (nSPS) is 18.0. The van der Waals surface area contributed by atoms with Crippen LogP contribution in [0.1, 0.15) is 68.5 Å². The number of nitrogens with zero attached hydrogens (tertiary/aromatic N) is 4. The molecule has 2 aliphatic rings. The fraction of sp³-hybridized carbons (Fsp3) is 0.400. The van der Waals surface area contributed by atoms with Crippen molar-refractivity contribution in [1.29, 1.82) is 0 Å². The third-order valence-electron chi connectivity index (χ3n) is 7.83. The molecule has 5 heterocycles. The zero-order chi connectivity index (χ0) is 28.5. The number of hydrogen-bond acceptors (Lipinski definition) is 8. The second kappa shape index (κ2) is 11.9. The Labute approximate surface area is 246 Å². The van der Waals surface area contributed by atoms with Crippen molar-refractivity contribution in [3.8, 4) is 5.88 Å². The highest BCUT2D eigenvalue weighted by Crippen LogP contribution is 2.31. The number of benzene rings is 1. The second-order valence-corrected chi connectivity index (χ2v) is 12.2. The van der Waals surface area contributed by atoms with Gasteiger partial charge < -0.3 is 19.1 Å². The largest absolute Gasteiger partial charge is 0.478 e. The number of carbonyl (C=O) groups is 2. The average Bonchev–Trinajstić information content (AvgIpc) is 3.49. The molecule has 0 bridgehead atoms. The summed E-state index contributed by atoms with van der Waals surface area (Å²) in [6.45, 7) is 5.74. The minimum absolute atomic E-state index is 0.00781. The molecule has 6 rings (SSSR count). The summed E-state index contributed by atoms with van der Waals surface area (Å²) in [5, 5.41) is 10.0. The van der Waals surface area contributed by atoms with Gasteiger partial charge in [0.25, 0.3) is 0 Å². The Morgan fingerprint density at radius 1 is 1.15 bits per heavy atom. The molecule has 3 aromatic heterocycles. The van der Waals surface area contributed by atoms with Crippen LogP contribution in [0, 0.1) is 0 Å². The van der Waals surface area contributed by atoms with Crippen LogP contribution in [0.25, 0.3) is 11.0 Å². The molecule has 0 radical (unpaired) electrons. The van der Waals surface area contributed by atoms with E-state index in [0.29, 0.717) is 34.8 Å². The van der Waals surface area contributed by atoms with Crippen molar-refractivity contribution in [2.24, 2.45) is 0 Å². The number of carboxylic acid groups (broad SMARTS) is 1. The third-order valence-corrected chi connectivity index (χ3v) is 9.48. The van der Waals surface area contributed by atoms with Gasteiger partial charge in [0.05, 0.1) is 50.6 Å². The molecule has 41 heavy (non-hydrogen) atoms. The van der Waals surface area contributed by atoms with Crippen LogP contribution in [-0.2, 0) is 24.4 Å². The lowest BCUT2D eigenvalue weighted by atomic mass is 9.93. The Kier molecular flexibility index (Phi) is 8.07. The topological polar surface area (TPSA) is 107 Å². The van der Waals surface area contributed by atoms with Crippen LogP contribution >= 0.6 is 22.9 Å². The smallest absolute Gasteiger partial charge is 0.335 e. The van der Waals surface area contributed by atoms with Crippen LogP contribution in [0.3, 0.4) is 0 Å². The number of likely N-dealkylation sites (tertiary alicyclic amines) is 1. The van der Waals surface area contributed by atoms with Crippen LogP contribution < -0.4 is 4.74 Å². The standard InChI is InChI=1S/C30H31ClN4O5S/c1-18(36)26-14-22(31)27(41-26)17-40-29-4-2-3-23(33-29)19-7-10-34(11-8-19)16-28-32-24-6-5-20(30(37)38)13-25(24)35(28)15-21-9-12-39-21/h2-6,13-14,19,21H,7-12,15-17H2,1H3,(H,37,38)/t21-/m0/s1. The van der Waals surface area contributed by atoms with Crippen molar-refractivity contribution < 1.29 is 24.2 Å². The van der Waals surface area contributed by atoms with E-state index in [1.165, 1.54) is 18.3 Å². The number of halogens is 1. The summed E-state index contributed by atoms with van der Waals surface area (Å²) in [5.74, 6) is 0.858. The van der Waals surface area contributed by atoms with E-state index in [1.807, 2.05) is 12.1 Å². The fourth-order valence-electron chi connectivity index (χ4n) is 5.41. The molecule has 2 fully saturated rings. The van der Waals surface area contributed by atoms with E-state index in [1.54, 1.807) is 24.3 Å². The minimum Gasteiger partial charge on any atom is -0.478 e. The molecule has 2 saturated heterocycles. The second-order valence-electron chi connectivity index (χ2n) is 10.6. The van der Waals surface area contributed by atoms with E-state index in [0.717, 1.165) is 66.4 Å². The van der Waals surface area contributed by atoms with Gasteiger partial charge in [-0.05, 0) is 69.6 Å². The summed E-state index contributed by atoms with van der Waals surface area (Å²) in [4.78, 5) is 36.7. The lowest BCUT2D eigenvalue weighted by Gasteiger charge is -2.32. The molecule has 9 nitrogen and oxygen atoms in total. The lowest BCUT2D eigenvalue weighted by molar-refractivity contribution is -0.0592. The number of ketones is 1. The van der Waals surface area contributed by atoms with Gasteiger partial charge in [0.2, 0.25) is 5.88 Å². The molecule has 214 valence electrons. The summed E-state index contributed by atoms with van der Waals surface area (Å²) in [6, 6.07) is 12.7. The maximum Gasteiger partial charge on any atom is 0.335 e. The summed E-state index contributed by atoms with van der Waals surface area (Å²) < 4.78 is 13.8. The highest BCUT2D eigenvalue weighted by atomic mass is 35.5. The highest BCUT2D eigenvalue weighted by Gasteiger charge is 2.26. The van der Waals surface area contributed by atoms with E-state index in [4.69, 9.17) is 31.0 Å². The number of aromatic carboxylic acids is 1. The summed E-state index contributed by atoms with van der Waals surface area (Å²) in [6.07, 6.45) is 3.06. The number of fused-ring (bicyclic) bond motifs is 1. The maximum atomic E-state index is 11.6. The number of Topliss-reactive ketones (excluding diaryl/α,β-unsaturated/α-hetero) is 1. The van der Waals surface area contributed by atoms with E-state index in [-0.39, 0.29) is 24.1 Å². The molecule has 1 aromatic carbocycles. The van der Waals surface area contributed by atoms with Gasteiger partial charge in [-0.15, -0.1) is 11.3 Å². The summed E-state index contributed by atoms with van der Waals surface area (Å²) in [7, 11) is 0. The monoisotopic (exact) mass is 594 g/mol. The van der Waals surface area contributed by atoms with E-state index in [9.17, 15) is 14.7 Å². The summed E-state index contributed by atoms with van der Waals surface area (Å²) in [5.41, 5.74) is 2.92.